The van der Waals surface area contributed by atoms with Gasteiger partial charge in [0.15, 0.2) is 0 Å². The Kier molecular flexibility index (Phi) is 5.35. The molecule has 0 aliphatic heterocycles. The average molecular weight is 270 g/mol. The number of carboxylic acid groups (broad SMARTS) is 1. The maximum Gasteiger partial charge on any atom is 0.311 e. The van der Waals surface area contributed by atoms with Crippen molar-refractivity contribution in [3.63, 3.8) is 0 Å². The molecule has 0 heterocycles. The van der Waals surface area contributed by atoms with Gasteiger partial charge >= 0.3 is 5.97 Å². The zero-order valence-electron chi connectivity index (χ0n) is 12.0. The molecule has 0 spiro atoms. The summed E-state index contributed by atoms with van der Waals surface area (Å²) in [7, 11) is 0. The van der Waals surface area contributed by atoms with Gasteiger partial charge in [-0.25, -0.2) is 0 Å². The highest BCUT2D eigenvalue weighted by atomic mass is 16.4. The number of rotatable bonds is 7. The number of carbonyl (C=O) groups is 2. The van der Waals surface area contributed by atoms with Crippen molar-refractivity contribution in [1.29, 1.82) is 0 Å². The van der Waals surface area contributed by atoms with Crippen LogP contribution in [-0.2, 0) is 9.59 Å². The van der Waals surface area contributed by atoms with Gasteiger partial charge in [-0.15, -0.1) is 0 Å². The highest BCUT2D eigenvalue weighted by Crippen LogP contribution is 2.38. The summed E-state index contributed by atoms with van der Waals surface area (Å²) < 4.78 is 0. The Balaban J connectivity index is 2.69. The van der Waals surface area contributed by atoms with Crippen LogP contribution in [0.4, 0.5) is 0 Å². The molecule has 5 heteroatoms. The molecule has 1 amide bonds. The van der Waals surface area contributed by atoms with E-state index in [1.165, 1.54) is 0 Å². The van der Waals surface area contributed by atoms with Crippen LogP contribution in [-0.4, -0.2) is 30.1 Å². The lowest BCUT2D eigenvalue weighted by molar-refractivity contribution is -0.148. The molecule has 110 valence electrons. The molecular formula is C14H26N2O3. The Morgan fingerprint density at radius 2 is 1.79 bits per heavy atom. The van der Waals surface area contributed by atoms with Gasteiger partial charge < -0.3 is 16.2 Å². The monoisotopic (exact) mass is 270 g/mol. The Morgan fingerprint density at radius 1 is 1.26 bits per heavy atom. The van der Waals surface area contributed by atoms with Crippen molar-refractivity contribution in [2.45, 2.75) is 52.4 Å². The standard InChI is InChI=1S/C14H26N2O3/c1-3-13(4-2,9-15)11(17)16-10-14(12(18)19)7-5-6-8-14/h3-10,15H2,1-2H3,(H,16,17)(H,18,19). The van der Waals surface area contributed by atoms with E-state index in [9.17, 15) is 14.7 Å². The first-order valence-corrected chi connectivity index (χ1v) is 7.18. The van der Waals surface area contributed by atoms with E-state index >= 15 is 0 Å². The van der Waals surface area contributed by atoms with Crippen LogP contribution in [0.1, 0.15) is 52.4 Å². The van der Waals surface area contributed by atoms with Crippen LogP contribution >= 0.6 is 0 Å². The number of amides is 1. The van der Waals surface area contributed by atoms with Crippen molar-refractivity contribution in [3.05, 3.63) is 0 Å². The molecule has 1 aliphatic rings. The molecule has 0 unspecified atom stereocenters. The lowest BCUT2D eigenvalue weighted by Gasteiger charge is -2.31. The number of carboxylic acids is 1. The summed E-state index contributed by atoms with van der Waals surface area (Å²) in [4.78, 5) is 23.7. The first-order chi connectivity index (χ1) is 8.96. The molecule has 4 N–H and O–H groups in total. The molecule has 1 saturated carbocycles. The summed E-state index contributed by atoms with van der Waals surface area (Å²) in [5.74, 6) is -0.899. The third-order valence-electron chi connectivity index (χ3n) is 4.83. The molecule has 1 fully saturated rings. The second kappa shape index (κ2) is 6.37. The molecule has 1 aliphatic carbocycles. The van der Waals surface area contributed by atoms with Gasteiger partial charge in [0.25, 0.3) is 0 Å². The van der Waals surface area contributed by atoms with Crippen molar-refractivity contribution in [3.8, 4) is 0 Å². The molecule has 0 aromatic rings. The van der Waals surface area contributed by atoms with Gasteiger partial charge in [-0.1, -0.05) is 26.7 Å². The smallest absolute Gasteiger partial charge is 0.311 e. The summed E-state index contributed by atoms with van der Waals surface area (Å²) in [5, 5.41) is 12.2. The van der Waals surface area contributed by atoms with Crippen LogP contribution in [0.5, 0.6) is 0 Å². The highest BCUT2D eigenvalue weighted by Gasteiger charge is 2.43. The number of carbonyl (C=O) groups excluding carboxylic acids is 1. The summed E-state index contributed by atoms with van der Waals surface area (Å²) >= 11 is 0. The maximum atomic E-state index is 12.3. The van der Waals surface area contributed by atoms with E-state index in [1.54, 1.807) is 0 Å². The number of aliphatic carboxylic acids is 1. The van der Waals surface area contributed by atoms with E-state index in [1.807, 2.05) is 13.8 Å². The van der Waals surface area contributed by atoms with E-state index in [0.29, 0.717) is 32.2 Å². The zero-order valence-corrected chi connectivity index (χ0v) is 12.0. The average Bonchev–Trinajstić information content (AvgIpc) is 2.89. The number of nitrogens with one attached hydrogen (secondary N) is 1. The molecule has 5 nitrogen and oxygen atoms in total. The van der Waals surface area contributed by atoms with Crippen molar-refractivity contribution in [2.75, 3.05) is 13.1 Å². The lowest BCUT2D eigenvalue weighted by atomic mass is 9.80. The van der Waals surface area contributed by atoms with Crippen molar-refractivity contribution in [1.82, 2.24) is 5.32 Å². The van der Waals surface area contributed by atoms with Crippen LogP contribution in [0.3, 0.4) is 0 Å². The fourth-order valence-electron chi connectivity index (χ4n) is 2.91. The molecule has 0 radical (unpaired) electrons. The number of nitrogens with two attached hydrogens (primary N) is 1. The molecule has 0 aromatic heterocycles. The Labute approximate surface area is 114 Å². The van der Waals surface area contributed by atoms with Gasteiger partial charge in [0.05, 0.1) is 10.8 Å². The van der Waals surface area contributed by atoms with E-state index < -0.39 is 16.8 Å². The molecular weight excluding hydrogens is 244 g/mol. The number of hydrogen-bond acceptors (Lipinski definition) is 3. The van der Waals surface area contributed by atoms with Crippen LogP contribution in [0.2, 0.25) is 0 Å². The van der Waals surface area contributed by atoms with Gasteiger partial charge in [0.1, 0.15) is 0 Å². The third-order valence-corrected chi connectivity index (χ3v) is 4.83. The minimum absolute atomic E-state index is 0.104. The van der Waals surface area contributed by atoms with Crippen LogP contribution in [0.25, 0.3) is 0 Å². The summed E-state index contributed by atoms with van der Waals surface area (Å²) in [5.41, 5.74) is 4.41. The van der Waals surface area contributed by atoms with Crippen LogP contribution < -0.4 is 11.1 Å². The van der Waals surface area contributed by atoms with Gasteiger partial charge in [0, 0.05) is 13.1 Å². The Bertz CT molecular complexity index is 323. The van der Waals surface area contributed by atoms with Crippen molar-refractivity contribution >= 4 is 11.9 Å². The molecule has 0 atom stereocenters. The zero-order chi connectivity index (χ0) is 14.5. The second-order valence-corrected chi connectivity index (χ2v) is 5.67. The molecule has 1 rings (SSSR count). The van der Waals surface area contributed by atoms with Gasteiger partial charge in [0.2, 0.25) is 5.91 Å². The minimum Gasteiger partial charge on any atom is -0.481 e. The highest BCUT2D eigenvalue weighted by molar-refractivity contribution is 5.84. The predicted octanol–water partition coefficient (Wildman–Crippen LogP) is 1.51. The van der Waals surface area contributed by atoms with E-state index in [0.717, 1.165) is 12.8 Å². The van der Waals surface area contributed by atoms with E-state index in [4.69, 9.17) is 5.73 Å². The first-order valence-electron chi connectivity index (χ1n) is 7.18. The third kappa shape index (κ3) is 3.08. The van der Waals surface area contributed by atoms with E-state index in [-0.39, 0.29) is 12.5 Å². The molecule has 0 aromatic carbocycles. The largest absolute Gasteiger partial charge is 0.481 e. The summed E-state index contributed by atoms with van der Waals surface area (Å²) in [6, 6.07) is 0. The summed E-state index contributed by atoms with van der Waals surface area (Å²) in [6.07, 6.45) is 4.49. The maximum absolute atomic E-state index is 12.3. The minimum atomic E-state index is -0.795. The number of hydrogen-bond donors (Lipinski definition) is 3. The molecule has 0 saturated heterocycles. The fourth-order valence-corrected chi connectivity index (χ4v) is 2.91. The van der Waals surface area contributed by atoms with Crippen LogP contribution in [0.15, 0.2) is 0 Å². The Hall–Kier alpha value is -1.10. The molecule has 0 bridgehead atoms. The van der Waals surface area contributed by atoms with Crippen molar-refractivity contribution in [2.24, 2.45) is 16.6 Å². The van der Waals surface area contributed by atoms with Gasteiger partial charge in [-0.3, -0.25) is 9.59 Å². The predicted molar refractivity (Wildman–Crippen MR) is 73.6 cm³/mol. The second-order valence-electron chi connectivity index (χ2n) is 5.67. The van der Waals surface area contributed by atoms with Gasteiger partial charge in [-0.2, -0.15) is 0 Å². The van der Waals surface area contributed by atoms with Crippen LogP contribution in [0, 0.1) is 10.8 Å². The topological polar surface area (TPSA) is 92.4 Å². The fraction of sp³-hybridized carbons (Fsp3) is 0.857. The normalized spacial score (nSPS) is 18.3. The van der Waals surface area contributed by atoms with Crippen molar-refractivity contribution < 1.29 is 14.7 Å². The van der Waals surface area contributed by atoms with Gasteiger partial charge in [-0.05, 0) is 25.7 Å². The summed E-state index contributed by atoms with van der Waals surface area (Å²) in [6.45, 7) is 4.41. The Morgan fingerprint density at radius 3 is 2.16 bits per heavy atom. The molecule has 19 heavy (non-hydrogen) atoms. The lowest BCUT2D eigenvalue weighted by Crippen LogP contribution is -2.49. The van der Waals surface area contributed by atoms with E-state index in [2.05, 4.69) is 5.32 Å². The SMILES string of the molecule is CCC(CC)(CN)C(=O)NCC1(C(=O)O)CCCC1. The first kappa shape index (κ1) is 16.0. The quantitative estimate of drug-likeness (QED) is 0.654.